The van der Waals surface area contributed by atoms with Gasteiger partial charge in [-0.2, -0.15) is 0 Å². The minimum absolute atomic E-state index is 0.111. The predicted octanol–water partition coefficient (Wildman–Crippen LogP) is 0.433. The zero-order valence-corrected chi connectivity index (χ0v) is 9.78. The van der Waals surface area contributed by atoms with Crippen LogP contribution in [0, 0.1) is 0 Å². The van der Waals surface area contributed by atoms with E-state index in [1.54, 1.807) is 18.7 Å². The van der Waals surface area contributed by atoms with Gasteiger partial charge < -0.3 is 9.47 Å². The quantitative estimate of drug-likeness (QED) is 0.604. The lowest BCUT2D eigenvalue weighted by Crippen LogP contribution is -2.36. The molecule has 0 fully saturated rings. The molecule has 0 aromatic heterocycles. The van der Waals surface area contributed by atoms with Crippen LogP contribution in [0.4, 0.5) is 0 Å². The second-order valence-corrected chi connectivity index (χ2v) is 3.42. The highest BCUT2D eigenvalue weighted by Crippen LogP contribution is 1.94. The largest absolute Gasteiger partial charge is 0.468 e. The van der Waals surface area contributed by atoms with Crippen molar-refractivity contribution in [3.8, 4) is 0 Å². The van der Waals surface area contributed by atoms with E-state index in [1.165, 1.54) is 7.11 Å². The number of carbonyl (C=O) groups excluding carboxylic acids is 2. The molecule has 0 aliphatic heterocycles. The van der Waals surface area contributed by atoms with Crippen molar-refractivity contribution < 1.29 is 19.1 Å². The van der Waals surface area contributed by atoms with E-state index in [0.29, 0.717) is 6.54 Å². The third-order valence-electron chi connectivity index (χ3n) is 1.75. The van der Waals surface area contributed by atoms with Crippen molar-refractivity contribution in [2.24, 2.45) is 0 Å². The normalized spacial score (nSPS) is 10.5. The first-order valence-corrected chi connectivity index (χ1v) is 4.98. The second-order valence-electron chi connectivity index (χ2n) is 3.42. The first-order chi connectivity index (χ1) is 6.99. The molecular formula is C10H19NO4. The Hall–Kier alpha value is -1.10. The Balaban J connectivity index is 3.98. The van der Waals surface area contributed by atoms with E-state index in [2.05, 4.69) is 4.74 Å². The van der Waals surface area contributed by atoms with E-state index in [1.807, 2.05) is 6.92 Å². The van der Waals surface area contributed by atoms with Crippen molar-refractivity contribution in [1.29, 1.82) is 0 Å². The maximum Gasteiger partial charge on any atom is 0.320 e. The monoisotopic (exact) mass is 217 g/mol. The summed E-state index contributed by atoms with van der Waals surface area (Å²) >= 11 is 0. The van der Waals surface area contributed by atoms with Gasteiger partial charge in [0.15, 0.2) is 0 Å². The zero-order valence-electron chi connectivity index (χ0n) is 9.78. The summed E-state index contributed by atoms with van der Waals surface area (Å²) in [6.07, 6.45) is -0.130. The Bertz CT molecular complexity index is 215. The van der Waals surface area contributed by atoms with Crippen molar-refractivity contribution in [2.75, 3.05) is 26.7 Å². The number of esters is 2. The summed E-state index contributed by atoms with van der Waals surface area (Å²) in [6.45, 7) is 6.26. The van der Waals surface area contributed by atoms with Crippen LogP contribution in [0.1, 0.15) is 20.8 Å². The number of likely N-dealkylation sites (N-methyl/N-ethyl adjacent to an activating group) is 1. The van der Waals surface area contributed by atoms with E-state index in [0.717, 1.165) is 0 Å². The molecule has 0 aliphatic carbocycles. The maximum atomic E-state index is 11.3. The summed E-state index contributed by atoms with van der Waals surface area (Å²) in [7, 11) is 1.32. The number of hydrogen-bond acceptors (Lipinski definition) is 5. The Morgan fingerprint density at radius 2 is 1.73 bits per heavy atom. The highest BCUT2D eigenvalue weighted by atomic mass is 16.5. The van der Waals surface area contributed by atoms with E-state index in [-0.39, 0.29) is 31.1 Å². The first-order valence-electron chi connectivity index (χ1n) is 4.98. The van der Waals surface area contributed by atoms with Crippen molar-refractivity contribution in [3.63, 3.8) is 0 Å². The predicted molar refractivity (Wildman–Crippen MR) is 55.4 cm³/mol. The summed E-state index contributed by atoms with van der Waals surface area (Å²) in [5, 5.41) is 0. The van der Waals surface area contributed by atoms with Gasteiger partial charge in [-0.1, -0.05) is 6.92 Å². The molecule has 0 radical (unpaired) electrons. The molecule has 0 aromatic carbocycles. The van der Waals surface area contributed by atoms with Crippen LogP contribution in [-0.2, 0) is 19.1 Å². The highest BCUT2D eigenvalue weighted by Gasteiger charge is 2.14. The SMILES string of the molecule is CCN(CC(=O)OC)CC(=O)OC(C)C. The third-order valence-corrected chi connectivity index (χ3v) is 1.75. The minimum Gasteiger partial charge on any atom is -0.468 e. The Kier molecular flexibility index (Phi) is 6.70. The summed E-state index contributed by atoms with van der Waals surface area (Å²) < 4.78 is 9.48. The van der Waals surface area contributed by atoms with Gasteiger partial charge in [-0.25, -0.2) is 0 Å². The van der Waals surface area contributed by atoms with Gasteiger partial charge in [-0.15, -0.1) is 0 Å². The fourth-order valence-electron chi connectivity index (χ4n) is 1.01. The Morgan fingerprint density at radius 3 is 2.13 bits per heavy atom. The molecule has 0 unspecified atom stereocenters. The fourth-order valence-corrected chi connectivity index (χ4v) is 1.01. The van der Waals surface area contributed by atoms with Gasteiger partial charge >= 0.3 is 11.9 Å². The molecule has 0 rings (SSSR count). The zero-order chi connectivity index (χ0) is 11.8. The minimum atomic E-state index is -0.353. The lowest BCUT2D eigenvalue weighted by Gasteiger charge is -2.18. The average Bonchev–Trinajstić information content (AvgIpc) is 2.15. The van der Waals surface area contributed by atoms with Gasteiger partial charge in [0.25, 0.3) is 0 Å². The smallest absolute Gasteiger partial charge is 0.320 e. The average molecular weight is 217 g/mol. The van der Waals surface area contributed by atoms with Crippen LogP contribution in [0.5, 0.6) is 0 Å². The van der Waals surface area contributed by atoms with Gasteiger partial charge in [0.1, 0.15) is 0 Å². The van der Waals surface area contributed by atoms with Crippen molar-refractivity contribution in [1.82, 2.24) is 4.90 Å². The molecule has 88 valence electrons. The van der Waals surface area contributed by atoms with Crippen LogP contribution in [0.2, 0.25) is 0 Å². The molecule has 0 saturated heterocycles. The van der Waals surface area contributed by atoms with Crippen molar-refractivity contribution in [2.45, 2.75) is 26.9 Å². The molecule has 0 heterocycles. The molecule has 0 amide bonds. The molecule has 0 N–H and O–H groups in total. The van der Waals surface area contributed by atoms with Crippen LogP contribution in [-0.4, -0.2) is 49.7 Å². The molecule has 0 bridgehead atoms. The number of rotatable bonds is 6. The van der Waals surface area contributed by atoms with Gasteiger partial charge in [0, 0.05) is 0 Å². The van der Waals surface area contributed by atoms with Crippen LogP contribution in [0.15, 0.2) is 0 Å². The third kappa shape index (κ3) is 6.90. The molecule has 0 aromatic rings. The summed E-state index contributed by atoms with van der Waals surface area (Å²) in [6, 6.07) is 0. The maximum absolute atomic E-state index is 11.3. The Morgan fingerprint density at radius 1 is 1.20 bits per heavy atom. The van der Waals surface area contributed by atoms with E-state index in [4.69, 9.17) is 4.74 Å². The molecule has 0 saturated carbocycles. The van der Waals surface area contributed by atoms with Gasteiger partial charge in [-0.3, -0.25) is 14.5 Å². The molecule has 5 heteroatoms. The Labute approximate surface area is 90.3 Å². The van der Waals surface area contributed by atoms with E-state index in [9.17, 15) is 9.59 Å². The second kappa shape index (κ2) is 7.23. The highest BCUT2D eigenvalue weighted by molar-refractivity contribution is 5.75. The van der Waals surface area contributed by atoms with Crippen molar-refractivity contribution >= 4 is 11.9 Å². The van der Waals surface area contributed by atoms with E-state index >= 15 is 0 Å². The van der Waals surface area contributed by atoms with Crippen LogP contribution >= 0.6 is 0 Å². The lowest BCUT2D eigenvalue weighted by molar-refractivity contribution is -0.150. The number of methoxy groups -OCH3 is 1. The molecule has 0 spiro atoms. The lowest BCUT2D eigenvalue weighted by atomic mass is 10.4. The number of nitrogens with zero attached hydrogens (tertiary/aromatic N) is 1. The fraction of sp³-hybridized carbons (Fsp3) is 0.800. The molecule has 15 heavy (non-hydrogen) atoms. The number of hydrogen-bond donors (Lipinski definition) is 0. The van der Waals surface area contributed by atoms with Crippen LogP contribution in [0.3, 0.4) is 0 Å². The topological polar surface area (TPSA) is 55.8 Å². The summed E-state index contributed by atoms with van der Waals surface area (Å²) in [4.78, 5) is 23.9. The van der Waals surface area contributed by atoms with Gasteiger partial charge in [-0.05, 0) is 20.4 Å². The molecule has 5 nitrogen and oxygen atoms in total. The van der Waals surface area contributed by atoms with Gasteiger partial charge in [0.05, 0.1) is 26.3 Å². The molecular weight excluding hydrogens is 198 g/mol. The standard InChI is InChI=1S/C10H19NO4/c1-5-11(6-9(12)14-4)7-10(13)15-8(2)3/h8H,5-7H2,1-4H3. The van der Waals surface area contributed by atoms with Crippen LogP contribution in [0.25, 0.3) is 0 Å². The summed E-state index contributed by atoms with van der Waals surface area (Å²) in [5.74, 6) is -0.676. The van der Waals surface area contributed by atoms with Gasteiger partial charge in [0.2, 0.25) is 0 Å². The van der Waals surface area contributed by atoms with Crippen molar-refractivity contribution in [3.05, 3.63) is 0 Å². The first kappa shape index (κ1) is 13.9. The van der Waals surface area contributed by atoms with Crippen LogP contribution < -0.4 is 0 Å². The molecule has 0 atom stereocenters. The summed E-state index contributed by atoms with van der Waals surface area (Å²) in [5.41, 5.74) is 0. The number of ether oxygens (including phenoxy) is 2. The number of carbonyl (C=O) groups is 2. The molecule has 0 aliphatic rings. The van der Waals surface area contributed by atoms with E-state index < -0.39 is 0 Å².